The number of hydrogen-bond acceptors (Lipinski definition) is 5. The van der Waals surface area contributed by atoms with Gasteiger partial charge in [-0.25, -0.2) is 4.79 Å². The normalized spacial score (nSPS) is 11.7. The molecule has 7 heteroatoms. The molecule has 25 heavy (non-hydrogen) atoms. The van der Waals surface area contributed by atoms with Gasteiger partial charge in [-0.3, -0.25) is 9.59 Å². The first kappa shape index (κ1) is 18.3. The SMILES string of the molecule is Cc1oc(C)c(C(=O)O[C@@H](C)C(=O)Nc2ccc(C(N)=O)cc2)c1C. The second-order valence-electron chi connectivity index (χ2n) is 5.69. The summed E-state index contributed by atoms with van der Waals surface area (Å²) >= 11 is 0. The minimum absolute atomic E-state index is 0.332. The van der Waals surface area contributed by atoms with Gasteiger partial charge in [0.1, 0.15) is 17.1 Å². The van der Waals surface area contributed by atoms with Crippen LogP contribution >= 0.6 is 0 Å². The summed E-state index contributed by atoms with van der Waals surface area (Å²) in [6.45, 7) is 6.66. The van der Waals surface area contributed by atoms with Crippen molar-refractivity contribution in [2.75, 3.05) is 5.32 Å². The highest BCUT2D eigenvalue weighted by Crippen LogP contribution is 2.22. The average molecular weight is 344 g/mol. The van der Waals surface area contributed by atoms with Crippen molar-refractivity contribution in [2.24, 2.45) is 5.73 Å². The maximum atomic E-state index is 12.3. The number of carbonyl (C=O) groups excluding carboxylic acids is 3. The molecule has 0 spiro atoms. The van der Waals surface area contributed by atoms with E-state index in [0.717, 1.165) is 0 Å². The number of nitrogens with one attached hydrogen (secondary N) is 1. The van der Waals surface area contributed by atoms with Crippen molar-refractivity contribution in [2.45, 2.75) is 33.8 Å². The van der Waals surface area contributed by atoms with Crippen LogP contribution < -0.4 is 11.1 Å². The van der Waals surface area contributed by atoms with Gasteiger partial charge in [-0.15, -0.1) is 0 Å². The van der Waals surface area contributed by atoms with Crippen LogP contribution in [0, 0.1) is 20.8 Å². The average Bonchev–Trinajstić information content (AvgIpc) is 2.80. The fraction of sp³-hybridized carbons (Fsp3) is 0.278. The first-order valence-corrected chi connectivity index (χ1v) is 7.69. The summed E-state index contributed by atoms with van der Waals surface area (Å²) in [6.07, 6.45) is -1.00. The molecule has 2 amide bonds. The number of anilines is 1. The van der Waals surface area contributed by atoms with E-state index in [1.54, 1.807) is 32.9 Å². The first-order valence-electron chi connectivity index (χ1n) is 7.69. The minimum Gasteiger partial charge on any atom is -0.465 e. The number of esters is 1. The Bertz CT molecular complexity index is 821. The topological polar surface area (TPSA) is 112 Å². The number of nitrogens with two attached hydrogens (primary N) is 1. The number of carbonyl (C=O) groups is 3. The maximum absolute atomic E-state index is 12.3. The molecule has 1 aromatic carbocycles. The molecule has 0 fully saturated rings. The third-order valence-corrected chi connectivity index (χ3v) is 3.86. The molecule has 2 rings (SSSR count). The predicted octanol–water partition coefficient (Wildman–Crippen LogP) is 2.49. The van der Waals surface area contributed by atoms with Crippen LogP contribution in [0.2, 0.25) is 0 Å². The van der Waals surface area contributed by atoms with Gasteiger partial charge in [-0.1, -0.05) is 0 Å². The van der Waals surface area contributed by atoms with Gasteiger partial charge in [0.25, 0.3) is 5.91 Å². The molecule has 0 saturated heterocycles. The summed E-state index contributed by atoms with van der Waals surface area (Å²) in [5.41, 5.74) is 6.98. The van der Waals surface area contributed by atoms with Crippen molar-refractivity contribution >= 4 is 23.5 Å². The second-order valence-corrected chi connectivity index (χ2v) is 5.69. The van der Waals surface area contributed by atoms with Crippen LogP contribution in [0.4, 0.5) is 5.69 Å². The van der Waals surface area contributed by atoms with Gasteiger partial charge in [-0.2, -0.15) is 0 Å². The quantitative estimate of drug-likeness (QED) is 0.809. The lowest BCUT2D eigenvalue weighted by Crippen LogP contribution is -2.30. The van der Waals surface area contributed by atoms with Crippen molar-refractivity contribution < 1.29 is 23.5 Å². The Kier molecular flexibility index (Phi) is 5.26. The monoisotopic (exact) mass is 344 g/mol. The zero-order chi connectivity index (χ0) is 18.7. The maximum Gasteiger partial charge on any atom is 0.342 e. The van der Waals surface area contributed by atoms with Crippen LogP contribution in [-0.4, -0.2) is 23.9 Å². The highest BCUT2D eigenvalue weighted by atomic mass is 16.5. The Morgan fingerprint density at radius 2 is 1.68 bits per heavy atom. The van der Waals surface area contributed by atoms with Crippen molar-refractivity contribution in [1.82, 2.24) is 0 Å². The summed E-state index contributed by atoms with van der Waals surface area (Å²) in [7, 11) is 0. The fourth-order valence-corrected chi connectivity index (χ4v) is 2.33. The molecule has 0 aliphatic carbocycles. The van der Waals surface area contributed by atoms with E-state index in [4.69, 9.17) is 14.9 Å². The molecule has 7 nitrogen and oxygen atoms in total. The number of aryl methyl sites for hydroxylation is 2. The fourth-order valence-electron chi connectivity index (χ4n) is 2.33. The highest BCUT2D eigenvalue weighted by Gasteiger charge is 2.24. The van der Waals surface area contributed by atoms with E-state index in [2.05, 4.69) is 5.32 Å². The molecule has 0 saturated carbocycles. The molecule has 1 aromatic heterocycles. The van der Waals surface area contributed by atoms with Crippen LogP contribution in [0.1, 0.15) is 44.7 Å². The molecular weight excluding hydrogens is 324 g/mol. The Morgan fingerprint density at radius 1 is 1.08 bits per heavy atom. The van der Waals surface area contributed by atoms with E-state index in [1.807, 2.05) is 0 Å². The standard InChI is InChI=1S/C18H20N2O5/c1-9-10(2)24-11(3)15(9)18(23)25-12(4)17(22)20-14-7-5-13(6-8-14)16(19)21/h5-8,12H,1-4H3,(H2,19,21)(H,20,22)/t12-/m0/s1. The summed E-state index contributed by atoms with van der Waals surface area (Å²) in [6, 6.07) is 6.08. The Balaban J connectivity index is 2.02. The van der Waals surface area contributed by atoms with Crippen molar-refractivity contribution in [3.8, 4) is 0 Å². The third kappa shape index (κ3) is 4.06. The Morgan fingerprint density at radius 3 is 2.16 bits per heavy atom. The summed E-state index contributed by atoms with van der Waals surface area (Å²) in [5, 5.41) is 2.61. The van der Waals surface area contributed by atoms with E-state index in [9.17, 15) is 14.4 Å². The molecule has 2 aromatic rings. The molecule has 1 atom stereocenters. The lowest BCUT2D eigenvalue weighted by molar-refractivity contribution is -0.123. The molecule has 3 N–H and O–H groups in total. The number of hydrogen-bond donors (Lipinski definition) is 2. The van der Waals surface area contributed by atoms with Crippen LogP contribution in [0.15, 0.2) is 28.7 Å². The smallest absolute Gasteiger partial charge is 0.342 e. The van der Waals surface area contributed by atoms with Gasteiger partial charge < -0.3 is 20.2 Å². The second kappa shape index (κ2) is 7.21. The van der Waals surface area contributed by atoms with Crippen LogP contribution in [0.5, 0.6) is 0 Å². The van der Waals surface area contributed by atoms with E-state index in [-0.39, 0.29) is 0 Å². The minimum atomic E-state index is -1.00. The summed E-state index contributed by atoms with van der Waals surface area (Å²) < 4.78 is 10.6. The number of rotatable bonds is 5. The zero-order valence-electron chi connectivity index (χ0n) is 14.5. The summed E-state index contributed by atoms with van der Waals surface area (Å²) in [4.78, 5) is 35.5. The molecule has 0 radical (unpaired) electrons. The number of benzene rings is 1. The summed E-state index contributed by atoms with van der Waals surface area (Å²) in [5.74, 6) is -0.568. The van der Waals surface area contributed by atoms with Crippen molar-refractivity contribution in [3.63, 3.8) is 0 Å². The number of amides is 2. The molecule has 0 unspecified atom stereocenters. The number of primary amides is 1. The molecular formula is C18H20N2O5. The van der Waals surface area contributed by atoms with E-state index >= 15 is 0 Å². The highest BCUT2D eigenvalue weighted by molar-refractivity contribution is 5.99. The third-order valence-electron chi connectivity index (χ3n) is 3.86. The Labute approximate surface area is 145 Å². The van der Waals surface area contributed by atoms with E-state index in [1.165, 1.54) is 19.1 Å². The van der Waals surface area contributed by atoms with Gasteiger partial charge in [0.15, 0.2) is 6.10 Å². The number of furan rings is 1. The lowest BCUT2D eigenvalue weighted by Gasteiger charge is -2.14. The van der Waals surface area contributed by atoms with Gasteiger partial charge in [0.05, 0.1) is 0 Å². The van der Waals surface area contributed by atoms with Crippen LogP contribution in [0.3, 0.4) is 0 Å². The predicted molar refractivity (Wildman–Crippen MR) is 91.4 cm³/mol. The molecule has 0 bridgehead atoms. The first-order chi connectivity index (χ1) is 11.7. The van der Waals surface area contributed by atoms with Gasteiger partial charge >= 0.3 is 5.97 Å². The lowest BCUT2D eigenvalue weighted by atomic mass is 10.1. The number of ether oxygens (including phenoxy) is 1. The van der Waals surface area contributed by atoms with Crippen LogP contribution in [-0.2, 0) is 9.53 Å². The van der Waals surface area contributed by atoms with Crippen molar-refractivity contribution in [3.05, 3.63) is 52.5 Å². The van der Waals surface area contributed by atoms with E-state index in [0.29, 0.717) is 33.9 Å². The van der Waals surface area contributed by atoms with Crippen molar-refractivity contribution in [1.29, 1.82) is 0 Å². The molecule has 1 heterocycles. The van der Waals surface area contributed by atoms with E-state index < -0.39 is 23.9 Å². The molecule has 0 aliphatic heterocycles. The van der Waals surface area contributed by atoms with Gasteiger partial charge in [-0.05, 0) is 52.0 Å². The molecule has 132 valence electrons. The Hall–Kier alpha value is -3.09. The largest absolute Gasteiger partial charge is 0.465 e. The van der Waals surface area contributed by atoms with Crippen LogP contribution in [0.25, 0.3) is 0 Å². The van der Waals surface area contributed by atoms with Gasteiger partial charge in [0.2, 0.25) is 5.91 Å². The van der Waals surface area contributed by atoms with Gasteiger partial charge in [0, 0.05) is 16.8 Å². The molecule has 0 aliphatic rings. The zero-order valence-corrected chi connectivity index (χ0v) is 14.5.